The number of carbonyl (C=O) groups is 1. The van der Waals surface area contributed by atoms with Crippen molar-refractivity contribution in [2.75, 3.05) is 0 Å². The van der Waals surface area contributed by atoms with Crippen LogP contribution in [0.5, 0.6) is 0 Å². The number of fused-ring (bicyclic) bond motifs is 3. The number of Topliss-reactive ketones (excluding diaryl/α,β-unsaturated/α-hetero) is 1. The molecule has 1 heteroatoms. The van der Waals surface area contributed by atoms with Crippen LogP contribution >= 0.6 is 0 Å². The summed E-state index contributed by atoms with van der Waals surface area (Å²) in [5, 5.41) is 2.35. The number of carbonyl (C=O) groups excluding carboxylic acids is 1. The second-order valence-electron chi connectivity index (χ2n) is 4.52. The Morgan fingerprint density at radius 3 is 2.47 bits per heavy atom. The maximum Gasteiger partial charge on any atom is 0.167 e. The molecule has 0 aromatic heterocycles. The van der Waals surface area contributed by atoms with E-state index in [9.17, 15) is 4.79 Å². The fourth-order valence-electron chi connectivity index (χ4n) is 2.91. The van der Waals surface area contributed by atoms with E-state index >= 15 is 0 Å². The van der Waals surface area contributed by atoms with Crippen LogP contribution in [0.25, 0.3) is 22.8 Å². The minimum Gasteiger partial charge on any atom is -0.294 e. The zero-order valence-corrected chi connectivity index (χ0v) is 9.23. The Kier molecular flexibility index (Phi) is 1.55. The topological polar surface area (TPSA) is 17.1 Å². The molecule has 0 fully saturated rings. The highest BCUT2D eigenvalue weighted by Crippen LogP contribution is 2.32. The highest BCUT2D eigenvalue weighted by molar-refractivity contribution is 6.26. The average molecular weight is 218 g/mol. The maximum absolute atomic E-state index is 12.1. The van der Waals surface area contributed by atoms with E-state index < -0.39 is 0 Å². The van der Waals surface area contributed by atoms with Crippen molar-refractivity contribution in [1.29, 1.82) is 0 Å². The molecule has 0 spiro atoms. The molecular weight excluding hydrogens is 208 g/mol. The first-order chi connectivity index (χ1) is 8.36. The van der Waals surface area contributed by atoms with Gasteiger partial charge in [0.05, 0.1) is 0 Å². The quantitative estimate of drug-likeness (QED) is 0.656. The SMILES string of the molecule is O=C1CC=c2cccc3c2=C1c1ccccc1-3. The molecule has 0 saturated heterocycles. The van der Waals surface area contributed by atoms with Crippen LogP contribution in [0.3, 0.4) is 0 Å². The summed E-state index contributed by atoms with van der Waals surface area (Å²) >= 11 is 0. The van der Waals surface area contributed by atoms with Crippen LogP contribution in [0.4, 0.5) is 0 Å². The van der Waals surface area contributed by atoms with Crippen LogP contribution in [-0.4, -0.2) is 5.78 Å². The van der Waals surface area contributed by atoms with E-state index in [0.29, 0.717) is 6.42 Å². The van der Waals surface area contributed by atoms with Gasteiger partial charge in [-0.1, -0.05) is 48.5 Å². The van der Waals surface area contributed by atoms with Crippen molar-refractivity contribution in [3.05, 3.63) is 58.5 Å². The summed E-state index contributed by atoms with van der Waals surface area (Å²) in [6, 6.07) is 14.5. The van der Waals surface area contributed by atoms with Crippen molar-refractivity contribution < 1.29 is 4.79 Å². The molecule has 0 amide bonds. The summed E-state index contributed by atoms with van der Waals surface area (Å²) in [5.41, 5.74) is 4.43. The minimum absolute atomic E-state index is 0.245. The van der Waals surface area contributed by atoms with Gasteiger partial charge in [-0.15, -0.1) is 0 Å². The normalized spacial score (nSPS) is 15.3. The maximum atomic E-state index is 12.1. The van der Waals surface area contributed by atoms with Gasteiger partial charge in [0.25, 0.3) is 0 Å². The fourth-order valence-corrected chi connectivity index (χ4v) is 2.91. The van der Waals surface area contributed by atoms with Gasteiger partial charge in [-0.25, -0.2) is 0 Å². The average Bonchev–Trinajstić information content (AvgIpc) is 2.71. The third-order valence-electron chi connectivity index (χ3n) is 3.62. The van der Waals surface area contributed by atoms with Gasteiger partial charge in [0.2, 0.25) is 0 Å². The Hall–Kier alpha value is -2.15. The van der Waals surface area contributed by atoms with Crippen LogP contribution in [0.15, 0.2) is 42.5 Å². The molecule has 4 rings (SSSR count). The number of hydrogen-bond donors (Lipinski definition) is 0. The van der Waals surface area contributed by atoms with Gasteiger partial charge in [-0.05, 0) is 21.9 Å². The lowest BCUT2D eigenvalue weighted by Gasteiger charge is -2.05. The van der Waals surface area contributed by atoms with E-state index in [1.807, 2.05) is 18.2 Å². The van der Waals surface area contributed by atoms with Gasteiger partial charge in [0, 0.05) is 17.2 Å². The van der Waals surface area contributed by atoms with Crippen molar-refractivity contribution in [2.45, 2.75) is 6.42 Å². The van der Waals surface area contributed by atoms with Crippen molar-refractivity contribution in [3.63, 3.8) is 0 Å². The van der Waals surface area contributed by atoms with E-state index in [2.05, 4.69) is 30.3 Å². The monoisotopic (exact) mass is 218 g/mol. The highest BCUT2D eigenvalue weighted by Gasteiger charge is 2.25. The summed E-state index contributed by atoms with van der Waals surface area (Å²) in [4.78, 5) is 12.1. The summed E-state index contributed by atoms with van der Waals surface area (Å²) in [6.45, 7) is 0. The van der Waals surface area contributed by atoms with E-state index in [1.165, 1.54) is 16.3 Å². The van der Waals surface area contributed by atoms with E-state index in [4.69, 9.17) is 0 Å². The standard InChI is InChI=1S/C16H10O/c17-14-9-8-10-4-3-7-12-11-5-1-2-6-13(11)16(14)15(10)12/h1-8H,9H2. The fraction of sp³-hybridized carbons (Fsp3) is 0.0625. The molecule has 1 nitrogen and oxygen atoms in total. The summed E-state index contributed by atoms with van der Waals surface area (Å²) in [7, 11) is 0. The van der Waals surface area contributed by atoms with Gasteiger partial charge in [0.1, 0.15) is 0 Å². The predicted octanol–water partition coefficient (Wildman–Crippen LogP) is 1.62. The van der Waals surface area contributed by atoms with Crippen molar-refractivity contribution in [2.24, 2.45) is 0 Å². The second kappa shape index (κ2) is 2.95. The zero-order valence-electron chi connectivity index (χ0n) is 9.23. The van der Waals surface area contributed by atoms with Crippen LogP contribution in [0.2, 0.25) is 0 Å². The largest absolute Gasteiger partial charge is 0.294 e. The molecule has 80 valence electrons. The molecule has 2 aliphatic rings. The first kappa shape index (κ1) is 8.94. The predicted molar refractivity (Wildman–Crippen MR) is 67.7 cm³/mol. The van der Waals surface area contributed by atoms with Gasteiger partial charge >= 0.3 is 0 Å². The molecule has 17 heavy (non-hydrogen) atoms. The molecule has 2 aliphatic carbocycles. The van der Waals surface area contributed by atoms with E-state index in [-0.39, 0.29) is 5.78 Å². The Bertz CT molecular complexity index is 781. The molecule has 0 unspecified atom stereocenters. The molecule has 2 aromatic rings. The summed E-state index contributed by atoms with van der Waals surface area (Å²) < 4.78 is 0. The lowest BCUT2D eigenvalue weighted by atomic mass is 9.96. The van der Waals surface area contributed by atoms with Crippen LogP contribution < -0.4 is 10.4 Å². The molecule has 0 atom stereocenters. The smallest absolute Gasteiger partial charge is 0.167 e. The van der Waals surface area contributed by atoms with Crippen LogP contribution in [0, 0.1) is 0 Å². The Labute approximate surface area is 98.7 Å². The number of hydrogen-bond acceptors (Lipinski definition) is 1. The Balaban J connectivity index is 2.32. The Morgan fingerprint density at radius 2 is 1.59 bits per heavy atom. The molecule has 0 bridgehead atoms. The highest BCUT2D eigenvalue weighted by atomic mass is 16.1. The number of ketones is 1. The second-order valence-corrected chi connectivity index (χ2v) is 4.52. The molecule has 0 radical (unpaired) electrons. The first-order valence-corrected chi connectivity index (χ1v) is 5.83. The van der Waals surface area contributed by atoms with E-state index in [0.717, 1.165) is 16.4 Å². The van der Waals surface area contributed by atoms with Gasteiger partial charge in [-0.3, -0.25) is 4.79 Å². The van der Waals surface area contributed by atoms with Crippen molar-refractivity contribution >= 4 is 17.4 Å². The molecule has 0 heterocycles. The molecule has 2 aromatic carbocycles. The van der Waals surface area contributed by atoms with Gasteiger partial charge in [-0.2, -0.15) is 0 Å². The molecule has 0 aliphatic heterocycles. The Morgan fingerprint density at radius 1 is 0.824 bits per heavy atom. The third kappa shape index (κ3) is 1.01. The zero-order chi connectivity index (χ0) is 11.4. The van der Waals surface area contributed by atoms with E-state index in [1.54, 1.807) is 0 Å². The lowest BCUT2D eigenvalue weighted by molar-refractivity contribution is -0.112. The molecule has 0 N–H and O–H groups in total. The molecular formula is C16H10O. The number of rotatable bonds is 0. The molecule has 0 saturated carbocycles. The summed E-state index contributed by atoms with van der Waals surface area (Å²) in [6.07, 6.45) is 2.57. The third-order valence-corrected chi connectivity index (χ3v) is 3.62. The van der Waals surface area contributed by atoms with Crippen LogP contribution in [0.1, 0.15) is 12.0 Å². The minimum atomic E-state index is 0.245. The lowest BCUT2D eigenvalue weighted by Crippen LogP contribution is -2.32. The first-order valence-electron chi connectivity index (χ1n) is 5.83. The van der Waals surface area contributed by atoms with Crippen LogP contribution in [-0.2, 0) is 4.79 Å². The summed E-state index contributed by atoms with van der Waals surface area (Å²) in [5.74, 6) is 0.245. The van der Waals surface area contributed by atoms with Crippen molar-refractivity contribution in [1.82, 2.24) is 0 Å². The van der Waals surface area contributed by atoms with Gasteiger partial charge in [0.15, 0.2) is 5.78 Å². The number of benzene rings is 2. The van der Waals surface area contributed by atoms with Crippen molar-refractivity contribution in [3.8, 4) is 11.1 Å². The van der Waals surface area contributed by atoms with Gasteiger partial charge < -0.3 is 0 Å².